The van der Waals surface area contributed by atoms with E-state index < -0.39 is 66.5 Å². The van der Waals surface area contributed by atoms with Crippen LogP contribution in [0.25, 0.3) is 11.2 Å². The summed E-state index contributed by atoms with van der Waals surface area (Å²) >= 11 is 0. The number of rotatable bonds is 14. The van der Waals surface area contributed by atoms with Crippen molar-refractivity contribution in [3.05, 3.63) is 42.5 Å². The van der Waals surface area contributed by atoms with Gasteiger partial charge < -0.3 is 55.8 Å². The number of amides is 2. The van der Waals surface area contributed by atoms with E-state index in [1.54, 1.807) is 31.3 Å². The highest BCUT2D eigenvalue weighted by atomic mass is 31.3. The van der Waals surface area contributed by atoms with E-state index in [2.05, 4.69) is 39.7 Å². The molecule has 2 unspecified atom stereocenters. The summed E-state index contributed by atoms with van der Waals surface area (Å²) in [4.78, 5) is 75.0. The molecule has 0 radical (unpaired) electrons. The Morgan fingerprint density at radius 2 is 1.77 bits per heavy atom. The first-order valence-corrected chi connectivity index (χ1v) is 17.8. The second kappa shape index (κ2) is 14.7. The lowest BCUT2D eigenvalue weighted by molar-refractivity contribution is -0.0507. The minimum atomic E-state index is -5.59. The summed E-state index contributed by atoms with van der Waals surface area (Å²) in [5.41, 5.74) is 6.95. The molecular weight excluding hydrogens is 695 g/mol. The van der Waals surface area contributed by atoms with Crippen molar-refractivity contribution in [1.29, 1.82) is 0 Å². The number of nitrogen functional groups attached to an aromatic ring is 1. The maximum atomic E-state index is 12.7. The van der Waals surface area contributed by atoms with Gasteiger partial charge in [-0.05, 0) is 12.1 Å². The van der Waals surface area contributed by atoms with E-state index in [-0.39, 0.29) is 30.1 Å². The number of aromatic nitrogens is 4. The molecule has 1 saturated heterocycles. The smallest absolute Gasteiger partial charge is 0.440 e. The first kappa shape index (κ1) is 36.3. The fraction of sp³-hybridized carbons (Fsp3) is 0.381. The van der Waals surface area contributed by atoms with Crippen LogP contribution in [-0.4, -0.2) is 101 Å². The summed E-state index contributed by atoms with van der Waals surface area (Å²) in [7, 11) is -14.9. The van der Waals surface area contributed by atoms with Crippen molar-refractivity contribution in [2.45, 2.75) is 24.5 Å². The highest BCUT2D eigenvalue weighted by Gasteiger charge is 2.49. The predicted molar refractivity (Wildman–Crippen MR) is 158 cm³/mol. The molecule has 1 aliphatic heterocycles. The molecule has 0 bridgehead atoms. The lowest BCUT2D eigenvalue weighted by atomic mass is 10.1. The van der Waals surface area contributed by atoms with Crippen molar-refractivity contribution in [3.8, 4) is 0 Å². The third-order valence-electron chi connectivity index (χ3n) is 6.21. The molecule has 3 heterocycles. The number of benzene rings is 1. The van der Waals surface area contributed by atoms with Crippen molar-refractivity contribution in [2.24, 2.45) is 0 Å². The Kier molecular flexibility index (Phi) is 11.3. The molecule has 26 heteroatoms. The maximum Gasteiger partial charge on any atom is 0.480 e. The Morgan fingerprint density at radius 3 is 2.47 bits per heavy atom. The number of carbonyl (C=O) groups is 2. The van der Waals surface area contributed by atoms with Crippen LogP contribution in [-0.2, 0) is 32.0 Å². The number of aliphatic hydroxyl groups is 1. The molecule has 2 amide bonds. The quantitative estimate of drug-likeness (QED) is 0.0714. The summed E-state index contributed by atoms with van der Waals surface area (Å²) < 4.78 is 56.1. The van der Waals surface area contributed by atoms with Crippen LogP contribution in [0, 0.1) is 0 Å². The fourth-order valence-electron chi connectivity index (χ4n) is 4.30. The number of para-hydroxylation sites is 1. The standard InChI is InChI=1S/C21H30N9O14P3/c1-23-12-5-3-2-4-11(12)19(32)24-6-7-25-21(33)43-16-13(8-41-47(39,40)44-46(37,38)29-45(34,35)36)42-20(15(16)31)30-10-28-14-17(22)26-9-27-18(14)30/h2-5,9-10,13,15-16,20,23,31H,6-8H2,1H3,(H,24,32)(H,25,33)(H,39,40)(H2,22,26,27)(H4,29,34,35,36,37,38)/t13-,15-,16-,20-/m1/s1. The molecule has 23 nitrogen and oxygen atoms in total. The zero-order valence-electron chi connectivity index (χ0n) is 24.0. The van der Waals surface area contributed by atoms with Crippen molar-refractivity contribution < 1.29 is 66.3 Å². The van der Waals surface area contributed by atoms with Gasteiger partial charge in [-0.25, -0.2) is 33.4 Å². The van der Waals surface area contributed by atoms with Gasteiger partial charge in [0, 0.05) is 25.8 Å². The fourth-order valence-corrected chi connectivity index (χ4v) is 7.73. The van der Waals surface area contributed by atoms with Crippen LogP contribution in [0.5, 0.6) is 0 Å². The van der Waals surface area contributed by atoms with E-state index >= 15 is 0 Å². The van der Waals surface area contributed by atoms with Gasteiger partial charge in [-0.1, -0.05) is 12.1 Å². The van der Waals surface area contributed by atoms with Crippen LogP contribution in [0.2, 0.25) is 0 Å². The molecule has 2 aromatic heterocycles. The van der Waals surface area contributed by atoms with E-state index in [4.69, 9.17) is 25.0 Å². The van der Waals surface area contributed by atoms with E-state index in [1.807, 2.05) is 0 Å². The third kappa shape index (κ3) is 9.51. The average Bonchev–Trinajstić information content (AvgIpc) is 3.53. The molecule has 4 rings (SSSR count). The number of nitrogens with zero attached hydrogens (tertiary/aromatic N) is 4. The first-order chi connectivity index (χ1) is 22.0. The number of nitrogens with one attached hydrogen (secondary N) is 4. The number of phosphoric ester groups is 1. The molecule has 1 aromatic carbocycles. The van der Waals surface area contributed by atoms with Gasteiger partial charge in [0.05, 0.1) is 18.5 Å². The van der Waals surface area contributed by atoms with Gasteiger partial charge in [0.15, 0.2) is 23.8 Å². The second-order valence-electron chi connectivity index (χ2n) is 9.50. The first-order valence-electron chi connectivity index (χ1n) is 13.1. The van der Waals surface area contributed by atoms with Crippen LogP contribution in [0.15, 0.2) is 36.9 Å². The number of ether oxygens (including phenoxy) is 2. The Hall–Kier alpha value is -3.56. The number of aliphatic hydroxyl groups excluding tert-OH is 1. The van der Waals surface area contributed by atoms with Gasteiger partial charge in [-0.2, -0.15) is 4.31 Å². The topological polar surface area (TPSA) is 341 Å². The number of anilines is 2. The zero-order valence-corrected chi connectivity index (χ0v) is 26.7. The minimum absolute atomic E-state index is 0.00875. The highest BCUT2D eigenvalue weighted by Crippen LogP contribution is 2.61. The lowest BCUT2D eigenvalue weighted by Gasteiger charge is -2.22. The number of nitrogens with two attached hydrogens (primary N) is 1. The Bertz CT molecular complexity index is 1760. The molecule has 258 valence electrons. The van der Waals surface area contributed by atoms with Gasteiger partial charge in [0.2, 0.25) is 0 Å². The lowest BCUT2D eigenvalue weighted by Crippen LogP contribution is -2.42. The second-order valence-corrected chi connectivity index (χ2v) is 14.3. The Balaban J connectivity index is 1.44. The van der Waals surface area contributed by atoms with E-state index in [0.717, 1.165) is 11.2 Å². The number of hydrogen-bond acceptors (Lipinski definition) is 15. The van der Waals surface area contributed by atoms with Crippen molar-refractivity contribution in [2.75, 3.05) is 37.8 Å². The number of phosphoric acid groups is 1. The van der Waals surface area contributed by atoms with E-state index in [0.29, 0.717) is 11.3 Å². The van der Waals surface area contributed by atoms with Gasteiger partial charge in [0.25, 0.3) is 5.91 Å². The average molecular weight is 725 g/mol. The van der Waals surface area contributed by atoms with Crippen LogP contribution >= 0.6 is 23.3 Å². The SMILES string of the molecule is CNc1ccccc1C(=O)NCCNC(=O)O[C@H]1[C@@H](O)[C@H](n2cnc3c(N)ncnc32)O[C@@H]1COP(=O)(O)OP(=O)(O)NP(=O)(O)O. The summed E-state index contributed by atoms with van der Waals surface area (Å²) in [5.74, 6) is -0.439. The largest absolute Gasteiger partial charge is 0.480 e. The van der Waals surface area contributed by atoms with Gasteiger partial charge in [-0.3, -0.25) is 13.9 Å². The number of fused-ring (bicyclic) bond motifs is 1. The maximum absolute atomic E-state index is 12.7. The Labute approximate surface area is 264 Å². The number of alkyl carbamates (subject to hydrolysis) is 1. The molecular formula is C21H30N9O14P3. The molecule has 11 N–H and O–H groups in total. The third-order valence-corrected chi connectivity index (χ3v) is 10.4. The van der Waals surface area contributed by atoms with Crippen LogP contribution < -0.4 is 26.5 Å². The summed E-state index contributed by atoms with van der Waals surface area (Å²) in [6.07, 6.45) is -5.21. The Morgan fingerprint density at radius 1 is 1.06 bits per heavy atom. The molecule has 0 aliphatic carbocycles. The van der Waals surface area contributed by atoms with Crippen LogP contribution in [0.1, 0.15) is 16.6 Å². The molecule has 1 aliphatic rings. The molecule has 1 fully saturated rings. The van der Waals surface area contributed by atoms with E-state index in [9.17, 15) is 38.2 Å². The molecule has 3 aromatic rings. The molecule has 47 heavy (non-hydrogen) atoms. The molecule has 0 spiro atoms. The van der Waals surface area contributed by atoms with Gasteiger partial charge in [-0.15, -0.1) is 4.86 Å². The molecule has 0 saturated carbocycles. The minimum Gasteiger partial charge on any atom is -0.440 e. The van der Waals surface area contributed by atoms with E-state index in [1.165, 1.54) is 10.9 Å². The number of carbonyl (C=O) groups excluding carboxylic acids is 2. The highest BCUT2D eigenvalue weighted by molar-refractivity contribution is 7.70. The summed E-state index contributed by atoms with van der Waals surface area (Å²) in [6, 6.07) is 6.71. The number of imidazole rings is 1. The summed E-state index contributed by atoms with van der Waals surface area (Å²) in [5, 5.41) is 19.0. The predicted octanol–water partition coefficient (Wildman–Crippen LogP) is -0.850. The monoisotopic (exact) mass is 725 g/mol. The normalized spacial score (nSPS) is 22.3. The summed E-state index contributed by atoms with van der Waals surface area (Å²) in [6.45, 7) is -1.22. The van der Waals surface area contributed by atoms with Crippen LogP contribution in [0.4, 0.5) is 16.3 Å². The number of hydrogen-bond donors (Lipinski definition) is 10. The van der Waals surface area contributed by atoms with Crippen molar-refractivity contribution in [1.82, 2.24) is 35.0 Å². The van der Waals surface area contributed by atoms with Gasteiger partial charge in [0.1, 0.15) is 24.1 Å². The van der Waals surface area contributed by atoms with Crippen molar-refractivity contribution >= 4 is 58.0 Å². The molecule has 6 atom stereocenters. The van der Waals surface area contributed by atoms with Crippen molar-refractivity contribution in [3.63, 3.8) is 0 Å². The van der Waals surface area contributed by atoms with Crippen LogP contribution in [0.3, 0.4) is 0 Å². The zero-order chi connectivity index (χ0) is 34.6. The van der Waals surface area contributed by atoms with Gasteiger partial charge >= 0.3 is 29.4 Å².